The number of carbonyl (C=O) groups is 1. The van der Waals surface area contributed by atoms with Crippen LogP contribution >= 0.6 is 0 Å². The Morgan fingerprint density at radius 3 is 2.67 bits per heavy atom. The molecule has 3 nitrogen and oxygen atoms in total. The Morgan fingerprint density at radius 1 is 1.22 bits per heavy atom. The van der Waals surface area contributed by atoms with Crippen LogP contribution in [0, 0.1) is 0 Å². The van der Waals surface area contributed by atoms with Crippen molar-refractivity contribution in [2.45, 2.75) is 25.3 Å². The van der Waals surface area contributed by atoms with Crippen molar-refractivity contribution < 1.29 is 9.90 Å². The average Bonchev–Trinajstić information content (AvgIpc) is 2.77. The van der Waals surface area contributed by atoms with Crippen molar-refractivity contribution in [1.29, 1.82) is 0 Å². The topological polar surface area (TPSA) is 63.3 Å². The number of aliphatic carboxylic acids is 1. The number of benzene rings is 2. The van der Waals surface area contributed by atoms with Crippen LogP contribution in [0.4, 0.5) is 0 Å². The Labute approximate surface area is 105 Å². The number of nitrogens with two attached hydrogens (primary N) is 1. The zero-order chi connectivity index (χ0) is 12.7. The van der Waals surface area contributed by atoms with E-state index in [1.54, 1.807) is 0 Å². The molecule has 92 valence electrons. The monoisotopic (exact) mass is 241 g/mol. The van der Waals surface area contributed by atoms with Crippen LogP contribution in [0.2, 0.25) is 0 Å². The number of carboxylic acid groups (broad SMARTS) is 1. The fourth-order valence-corrected chi connectivity index (χ4v) is 2.81. The largest absolute Gasteiger partial charge is 0.480 e. The van der Waals surface area contributed by atoms with Gasteiger partial charge in [-0.15, -0.1) is 0 Å². The molecule has 2 aromatic carbocycles. The number of rotatable bonds is 3. The van der Waals surface area contributed by atoms with Crippen molar-refractivity contribution in [3.05, 3.63) is 47.0 Å². The van der Waals surface area contributed by atoms with E-state index in [0.717, 1.165) is 18.4 Å². The molecule has 0 saturated heterocycles. The van der Waals surface area contributed by atoms with E-state index in [0.29, 0.717) is 6.42 Å². The van der Waals surface area contributed by atoms with Gasteiger partial charge in [-0.1, -0.05) is 30.3 Å². The molecule has 0 heterocycles. The van der Waals surface area contributed by atoms with Crippen LogP contribution in [-0.2, 0) is 24.1 Å². The lowest BCUT2D eigenvalue weighted by molar-refractivity contribution is -0.138. The van der Waals surface area contributed by atoms with E-state index < -0.39 is 12.0 Å². The molecule has 1 aliphatic carbocycles. The third-order valence-corrected chi connectivity index (χ3v) is 3.72. The zero-order valence-corrected chi connectivity index (χ0v) is 10.0. The van der Waals surface area contributed by atoms with E-state index in [-0.39, 0.29) is 0 Å². The molecule has 3 rings (SSSR count). The van der Waals surface area contributed by atoms with Gasteiger partial charge in [-0.25, -0.2) is 0 Å². The standard InChI is InChI=1S/C15H15NO2/c16-13(15(17)18)8-11-7-6-10-5-4-9-2-1-3-12(11)14(9)10/h1-3,6-7,13H,4-5,8,16H2,(H,17,18). The van der Waals surface area contributed by atoms with E-state index in [1.807, 2.05) is 12.1 Å². The van der Waals surface area contributed by atoms with Crippen molar-refractivity contribution >= 4 is 16.7 Å². The summed E-state index contributed by atoms with van der Waals surface area (Å²) in [6.07, 6.45) is 2.55. The molecule has 3 heteroatoms. The van der Waals surface area contributed by atoms with Gasteiger partial charge in [-0.05, 0) is 46.7 Å². The summed E-state index contributed by atoms with van der Waals surface area (Å²) >= 11 is 0. The minimum absolute atomic E-state index is 0.384. The van der Waals surface area contributed by atoms with Gasteiger partial charge in [0.2, 0.25) is 0 Å². The molecule has 3 N–H and O–H groups in total. The summed E-state index contributed by atoms with van der Waals surface area (Å²) in [5, 5.41) is 11.4. The second-order valence-electron chi connectivity index (χ2n) is 4.87. The highest BCUT2D eigenvalue weighted by Crippen LogP contribution is 2.33. The molecule has 0 radical (unpaired) electrons. The summed E-state index contributed by atoms with van der Waals surface area (Å²) < 4.78 is 0. The lowest BCUT2D eigenvalue weighted by atomic mass is 9.96. The van der Waals surface area contributed by atoms with Gasteiger partial charge in [0.15, 0.2) is 0 Å². The third-order valence-electron chi connectivity index (χ3n) is 3.72. The fraction of sp³-hybridized carbons (Fsp3) is 0.267. The lowest BCUT2D eigenvalue weighted by Crippen LogP contribution is -2.32. The SMILES string of the molecule is NC(Cc1ccc2c3c(cccc13)CC2)C(=O)O. The van der Waals surface area contributed by atoms with E-state index in [2.05, 4.69) is 18.2 Å². The van der Waals surface area contributed by atoms with Gasteiger partial charge >= 0.3 is 5.97 Å². The first-order valence-electron chi connectivity index (χ1n) is 6.17. The van der Waals surface area contributed by atoms with Gasteiger partial charge in [0.05, 0.1) is 0 Å². The molecule has 0 bridgehead atoms. The Kier molecular flexibility index (Phi) is 2.56. The first-order chi connectivity index (χ1) is 8.66. The highest BCUT2D eigenvalue weighted by molar-refractivity contribution is 5.93. The molecule has 0 amide bonds. The van der Waals surface area contributed by atoms with E-state index in [1.165, 1.54) is 21.9 Å². The smallest absolute Gasteiger partial charge is 0.320 e. The highest BCUT2D eigenvalue weighted by Gasteiger charge is 2.18. The quantitative estimate of drug-likeness (QED) is 0.862. The molecule has 0 saturated carbocycles. The number of hydrogen-bond acceptors (Lipinski definition) is 2. The molecule has 0 spiro atoms. The van der Waals surface area contributed by atoms with Crippen LogP contribution in [0.15, 0.2) is 30.3 Å². The molecule has 18 heavy (non-hydrogen) atoms. The van der Waals surface area contributed by atoms with Crippen molar-refractivity contribution in [2.24, 2.45) is 5.73 Å². The van der Waals surface area contributed by atoms with Crippen molar-refractivity contribution in [2.75, 3.05) is 0 Å². The van der Waals surface area contributed by atoms with E-state index in [4.69, 9.17) is 10.8 Å². The maximum Gasteiger partial charge on any atom is 0.320 e. The van der Waals surface area contributed by atoms with E-state index >= 15 is 0 Å². The summed E-state index contributed by atoms with van der Waals surface area (Å²) in [5.74, 6) is -0.946. The minimum Gasteiger partial charge on any atom is -0.480 e. The summed E-state index contributed by atoms with van der Waals surface area (Å²) in [6.45, 7) is 0. The van der Waals surface area contributed by atoms with Gasteiger partial charge in [0.1, 0.15) is 6.04 Å². The Hall–Kier alpha value is -1.87. The molecule has 1 aliphatic rings. The van der Waals surface area contributed by atoms with Crippen molar-refractivity contribution in [3.8, 4) is 0 Å². The Balaban J connectivity index is 2.12. The zero-order valence-electron chi connectivity index (χ0n) is 10.0. The highest BCUT2D eigenvalue weighted by atomic mass is 16.4. The lowest BCUT2D eigenvalue weighted by Gasteiger charge is -2.11. The van der Waals surface area contributed by atoms with Gasteiger partial charge in [-0.3, -0.25) is 4.79 Å². The molecule has 2 aromatic rings. The van der Waals surface area contributed by atoms with Crippen LogP contribution in [0.5, 0.6) is 0 Å². The molecule has 0 aromatic heterocycles. The van der Waals surface area contributed by atoms with Crippen LogP contribution in [0.3, 0.4) is 0 Å². The minimum atomic E-state index is -0.946. The Morgan fingerprint density at radius 2 is 1.94 bits per heavy atom. The van der Waals surface area contributed by atoms with Crippen LogP contribution in [0.25, 0.3) is 10.8 Å². The molecule has 1 atom stereocenters. The maximum atomic E-state index is 10.9. The summed E-state index contributed by atoms with van der Waals surface area (Å²) in [5.41, 5.74) is 9.40. The predicted octanol–water partition coefficient (Wildman–Crippen LogP) is 1.89. The van der Waals surface area contributed by atoms with Gasteiger partial charge < -0.3 is 10.8 Å². The molecule has 0 fully saturated rings. The summed E-state index contributed by atoms with van der Waals surface area (Å²) in [6, 6.07) is 9.57. The molecule has 0 aliphatic heterocycles. The van der Waals surface area contributed by atoms with Crippen LogP contribution < -0.4 is 5.73 Å². The number of hydrogen-bond donors (Lipinski definition) is 2. The fourth-order valence-electron chi connectivity index (χ4n) is 2.81. The van der Waals surface area contributed by atoms with Crippen LogP contribution in [0.1, 0.15) is 16.7 Å². The Bertz CT molecular complexity index is 623. The predicted molar refractivity (Wildman–Crippen MR) is 70.7 cm³/mol. The van der Waals surface area contributed by atoms with E-state index in [9.17, 15) is 4.79 Å². The van der Waals surface area contributed by atoms with Crippen LogP contribution in [-0.4, -0.2) is 17.1 Å². The van der Waals surface area contributed by atoms with Crippen molar-refractivity contribution in [3.63, 3.8) is 0 Å². The second-order valence-corrected chi connectivity index (χ2v) is 4.87. The number of aryl methyl sites for hydroxylation is 2. The van der Waals surface area contributed by atoms with Crippen molar-refractivity contribution in [1.82, 2.24) is 0 Å². The second kappa shape index (κ2) is 4.10. The van der Waals surface area contributed by atoms with Gasteiger partial charge in [0.25, 0.3) is 0 Å². The molecular formula is C15H15NO2. The first-order valence-corrected chi connectivity index (χ1v) is 6.17. The summed E-state index contributed by atoms with van der Waals surface area (Å²) in [4.78, 5) is 10.9. The maximum absolute atomic E-state index is 10.9. The normalized spacial score (nSPS) is 14.9. The first kappa shape index (κ1) is 11.2. The number of carboxylic acids is 1. The molecular weight excluding hydrogens is 226 g/mol. The van der Waals surface area contributed by atoms with Gasteiger partial charge in [-0.2, -0.15) is 0 Å². The molecule has 1 unspecified atom stereocenters. The average molecular weight is 241 g/mol. The summed E-state index contributed by atoms with van der Waals surface area (Å²) in [7, 11) is 0. The third kappa shape index (κ3) is 1.68. The van der Waals surface area contributed by atoms with Gasteiger partial charge in [0, 0.05) is 0 Å².